The normalized spacial score (nSPS) is 11.4. The number of rotatable bonds is 4. The molecule has 0 aliphatic carbocycles. The Morgan fingerprint density at radius 3 is 1.24 bits per heavy atom. The lowest BCUT2D eigenvalue weighted by Gasteiger charge is -2.28. The molecule has 0 aromatic heterocycles. The van der Waals surface area contributed by atoms with Gasteiger partial charge in [-0.15, -0.1) is 0 Å². The number of halogens is 6. The van der Waals surface area contributed by atoms with E-state index in [4.69, 9.17) is 69.6 Å². The van der Waals surface area contributed by atoms with Crippen LogP contribution in [-0.4, -0.2) is 22.2 Å². The fraction of sp³-hybridized carbons (Fsp3) is 0.0667. The topological polar surface area (TPSA) is 74.6 Å². The summed E-state index contributed by atoms with van der Waals surface area (Å²) in [6, 6.07) is 4.77. The minimum absolute atomic E-state index is 0.0281. The van der Waals surface area contributed by atoms with E-state index >= 15 is 0 Å². The minimum atomic E-state index is -2.68. The Hall–Kier alpha value is -0.880. The Bertz CT molecular complexity index is 823. The van der Waals surface area contributed by atoms with Gasteiger partial charge < -0.3 is 10.2 Å². The van der Waals surface area contributed by atoms with Crippen LogP contribution in [0, 0.1) is 0 Å². The molecule has 2 aromatic rings. The molecule has 0 aliphatic heterocycles. The second-order valence-corrected chi connectivity index (χ2v) is 7.13. The first-order valence-corrected chi connectivity index (χ1v) is 8.58. The van der Waals surface area contributed by atoms with E-state index in [9.17, 15) is 19.8 Å². The molecule has 0 saturated heterocycles. The van der Waals surface area contributed by atoms with Crippen LogP contribution < -0.4 is 0 Å². The molecule has 2 rings (SSSR count). The number of carboxylic acid groups (broad SMARTS) is 2. The van der Waals surface area contributed by atoms with Crippen LogP contribution in [0.15, 0.2) is 24.3 Å². The van der Waals surface area contributed by atoms with Gasteiger partial charge in [0.1, 0.15) is 0 Å². The van der Waals surface area contributed by atoms with Gasteiger partial charge in [0, 0.05) is 11.1 Å². The van der Waals surface area contributed by atoms with Crippen LogP contribution in [0.3, 0.4) is 0 Å². The van der Waals surface area contributed by atoms with Crippen LogP contribution in [0.25, 0.3) is 0 Å². The molecule has 0 amide bonds. The van der Waals surface area contributed by atoms with Gasteiger partial charge in [0.05, 0.1) is 30.1 Å². The number of carboxylic acids is 2. The molecular weight excluding hydrogens is 457 g/mol. The third-order valence-electron chi connectivity index (χ3n) is 3.52. The maximum atomic E-state index is 12.1. The van der Waals surface area contributed by atoms with E-state index in [1.54, 1.807) is 0 Å². The van der Waals surface area contributed by atoms with Crippen molar-refractivity contribution in [3.05, 3.63) is 65.5 Å². The number of carbonyl (C=O) groups is 2. The number of aliphatic carboxylic acids is 2. The first kappa shape index (κ1) is 20.4. The smallest absolute Gasteiger partial charge is 0.330 e. The first-order chi connectivity index (χ1) is 11.6. The van der Waals surface area contributed by atoms with Crippen LogP contribution in [0.2, 0.25) is 30.1 Å². The summed E-state index contributed by atoms with van der Waals surface area (Å²) in [6.45, 7) is 0. The molecule has 0 bridgehead atoms. The van der Waals surface area contributed by atoms with Crippen molar-refractivity contribution in [1.82, 2.24) is 0 Å². The molecule has 0 aliphatic rings. The first-order valence-electron chi connectivity index (χ1n) is 6.31. The van der Waals surface area contributed by atoms with Crippen molar-refractivity contribution in [1.29, 1.82) is 0 Å². The Morgan fingerprint density at radius 1 is 0.640 bits per heavy atom. The number of benzene rings is 2. The van der Waals surface area contributed by atoms with Gasteiger partial charge in [-0.2, -0.15) is 0 Å². The van der Waals surface area contributed by atoms with Crippen LogP contribution in [-0.2, 0) is 15.0 Å². The van der Waals surface area contributed by atoms with Crippen LogP contribution in [0.4, 0.5) is 0 Å². The average Bonchev–Trinajstić information content (AvgIpc) is 2.54. The van der Waals surface area contributed by atoms with Gasteiger partial charge in [-0.25, -0.2) is 0 Å². The predicted octanol–water partition coefficient (Wildman–Crippen LogP) is 6.06. The van der Waals surface area contributed by atoms with Crippen molar-refractivity contribution in [3.63, 3.8) is 0 Å². The molecule has 0 fully saturated rings. The van der Waals surface area contributed by atoms with Crippen molar-refractivity contribution in [2.45, 2.75) is 5.41 Å². The Morgan fingerprint density at radius 2 is 0.960 bits per heavy atom. The molecule has 132 valence electrons. The van der Waals surface area contributed by atoms with E-state index in [-0.39, 0.29) is 41.3 Å². The summed E-state index contributed by atoms with van der Waals surface area (Å²) < 4.78 is 0. The molecule has 4 nitrogen and oxygen atoms in total. The van der Waals surface area contributed by atoms with Crippen molar-refractivity contribution in [2.75, 3.05) is 0 Å². The molecule has 2 N–H and O–H groups in total. The van der Waals surface area contributed by atoms with E-state index in [2.05, 4.69) is 0 Å². The SMILES string of the molecule is O=C(O)C(C(=O)O)(c1ccc(Cl)c(Cl)c1Cl)c1ccc(Cl)c(Cl)c1Cl. The summed E-state index contributed by atoms with van der Waals surface area (Å²) >= 11 is 35.8. The summed E-state index contributed by atoms with van der Waals surface area (Å²) in [6.07, 6.45) is 0. The zero-order valence-electron chi connectivity index (χ0n) is 11.8. The fourth-order valence-electron chi connectivity index (χ4n) is 2.33. The molecule has 2 aromatic carbocycles. The van der Waals surface area contributed by atoms with E-state index < -0.39 is 17.4 Å². The molecule has 25 heavy (non-hydrogen) atoms. The molecule has 0 radical (unpaired) electrons. The quantitative estimate of drug-likeness (QED) is 0.427. The Kier molecular flexibility index (Phi) is 6.04. The van der Waals surface area contributed by atoms with E-state index in [0.29, 0.717) is 0 Å². The monoisotopic (exact) mass is 460 g/mol. The lowest BCUT2D eigenvalue weighted by molar-refractivity contribution is -0.155. The maximum Gasteiger partial charge on any atom is 0.330 e. The van der Waals surface area contributed by atoms with Gasteiger partial charge in [-0.3, -0.25) is 9.59 Å². The van der Waals surface area contributed by atoms with E-state index in [1.807, 2.05) is 0 Å². The molecule has 0 atom stereocenters. The van der Waals surface area contributed by atoms with E-state index in [0.717, 1.165) is 12.1 Å². The van der Waals surface area contributed by atoms with Crippen LogP contribution in [0.1, 0.15) is 11.1 Å². The maximum absolute atomic E-state index is 12.1. The third-order valence-corrected chi connectivity index (χ3v) is 6.11. The number of hydrogen-bond donors (Lipinski definition) is 2. The highest BCUT2D eigenvalue weighted by Crippen LogP contribution is 2.46. The second kappa shape index (κ2) is 7.39. The second-order valence-electron chi connectivity index (χ2n) is 4.81. The Labute approximate surface area is 171 Å². The summed E-state index contributed by atoms with van der Waals surface area (Å²) in [5.74, 6) is -3.50. The van der Waals surface area contributed by atoms with Gasteiger partial charge in [0.25, 0.3) is 0 Å². The summed E-state index contributed by atoms with van der Waals surface area (Å²) in [4.78, 5) is 24.2. The summed E-state index contributed by atoms with van der Waals surface area (Å²) in [5, 5.41) is 18.6. The van der Waals surface area contributed by atoms with Crippen molar-refractivity contribution < 1.29 is 19.8 Å². The standard InChI is InChI=1S/C15H6Cl6O4/c16-7-3-1-5(9(18)11(7)20)15(13(22)23,14(24)25)6-2-4-8(17)12(21)10(6)19/h1-4H,(H,22,23)(H,24,25). The zero-order chi connectivity index (χ0) is 19.1. The van der Waals surface area contributed by atoms with Gasteiger partial charge >= 0.3 is 11.9 Å². The lowest BCUT2D eigenvalue weighted by Crippen LogP contribution is -2.45. The highest BCUT2D eigenvalue weighted by atomic mass is 35.5. The van der Waals surface area contributed by atoms with Gasteiger partial charge in [-0.05, 0) is 12.1 Å². The average molecular weight is 463 g/mol. The largest absolute Gasteiger partial charge is 0.480 e. The predicted molar refractivity (Wildman–Crippen MR) is 99.0 cm³/mol. The zero-order valence-corrected chi connectivity index (χ0v) is 16.3. The highest BCUT2D eigenvalue weighted by molar-refractivity contribution is 6.50. The molecule has 0 spiro atoms. The molecule has 0 saturated carbocycles. The molecular formula is C15H6Cl6O4. The van der Waals surface area contributed by atoms with Crippen molar-refractivity contribution in [2.24, 2.45) is 0 Å². The Balaban J connectivity index is 3.01. The third kappa shape index (κ3) is 3.16. The van der Waals surface area contributed by atoms with E-state index in [1.165, 1.54) is 12.1 Å². The lowest BCUT2D eigenvalue weighted by atomic mass is 9.74. The molecule has 10 heteroatoms. The van der Waals surface area contributed by atoms with Crippen LogP contribution in [0.5, 0.6) is 0 Å². The van der Waals surface area contributed by atoms with Crippen molar-refractivity contribution in [3.8, 4) is 0 Å². The fourth-order valence-corrected chi connectivity index (χ4v) is 3.68. The van der Waals surface area contributed by atoms with Gasteiger partial charge in [0.2, 0.25) is 5.41 Å². The minimum Gasteiger partial charge on any atom is -0.480 e. The van der Waals surface area contributed by atoms with Crippen molar-refractivity contribution >= 4 is 81.5 Å². The van der Waals surface area contributed by atoms with Crippen LogP contribution >= 0.6 is 69.6 Å². The van der Waals surface area contributed by atoms with Gasteiger partial charge in [0.15, 0.2) is 0 Å². The molecule has 0 unspecified atom stereocenters. The summed E-state index contributed by atoms with van der Waals surface area (Å²) in [7, 11) is 0. The highest BCUT2D eigenvalue weighted by Gasteiger charge is 2.53. The molecule has 0 heterocycles. The summed E-state index contributed by atoms with van der Waals surface area (Å²) in [5.41, 5.74) is -3.34. The number of hydrogen-bond acceptors (Lipinski definition) is 2. The van der Waals surface area contributed by atoms with Gasteiger partial charge in [-0.1, -0.05) is 81.7 Å².